The zero-order valence-electron chi connectivity index (χ0n) is 13.3. The molecule has 1 saturated heterocycles. The van der Waals surface area contributed by atoms with Crippen LogP contribution in [0.2, 0.25) is 0 Å². The Hall–Kier alpha value is -2.24. The molecular formula is C17H22N2O4. The van der Waals surface area contributed by atoms with Crippen LogP contribution in [0.3, 0.4) is 0 Å². The summed E-state index contributed by atoms with van der Waals surface area (Å²) in [5.41, 5.74) is 1.07. The van der Waals surface area contributed by atoms with E-state index in [1.165, 1.54) is 0 Å². The second kappa shape index (κ2) is 6.89. The first-order chi connectivity index (χ1) is 11.2. The third-order valence-electron chi connectivity index (χ3n) is 4.31. The molecule has 2 heterocycles. The molecule has 0 saturated carbocycles. The second-order valence-corrected chi connectivity index (χ2v) is 5.89. The van der Waals surface area contributed by atoms with Crippen molar-refractivity contribution in [2.24, 2.45) is 0 Å². The standard InChI is InChI=1S/C17H22N2O4/c1-2-22-17(21)19-9-7-13(8-10-19)18-16(20)15-11-12-5-3-4-6-14(12)23-15/h3-6,13,15H,2,7-11H2,1H3,(H,18,20). The molecule has 6 heteroatoms. The number of nitrogens with zero attached hydrogens (tertiary/aromatic N) is 1. The Morgan fingerprint density at radius 1 is 1.30 bits per heavy atom. The number of hydrogen-bond acceptors (Lipinski definition) is 4. The number of para-hydroxylation sites is 1. The van der Waals surface area contributed by atoms with Gasteiger partial charge in [0.1, 0.15) is 5.75 Å². The summed E-state index contributed by atoms with van der Waals surface area (Å²) < 4.78 is 10.7. The molecule has 3 rings (SSSR count). The lowest BCUT2D eigenvalue weighted by atomic mass is 10.0. The van der Waals surface area contributed by atoms with Crippen molar-refractivity contribution in [1.29, 1.82) is 0 Å². The highest BCUT2D eigenvalue weighted by Gasteiger charge is 2.31. The number of ether oxygens (including phenoxy) is 2. The van der Waals surface area contributed by atoms with Gasteiger partial charge in [-0.3, -0.25) is 4.79 Å². The Balaban J connectivity index is 1.46. The molecule has 0 radical (unpaired) electrons. The van der Waals surface area contributed by atoms with Crippen LogP contribution in [-0.4, -0.2) is 48.7 Å². The number of nitrogens with one attached hydrogen (secondary N) is 1. The number of likely N-dealkylation sites (tertiary alicyclic amines) is 1. The van der Waals surface area contributed by atoms with Crippen molar-refractivity contribution in [1.82, 2.24) is 10.2 Å². The summed E-state index contributed by atoms with van der Waals surface area (Å²) in [6.45, 7) is 3.39. The average molecular weight is 318 g/mol. The van der Waals surface area contributed by atoms with Gasteiger partial charge < -0.3 is 19.7 Å². The quantitative estimate of drug-likeness (QED) is 0.921. The number of piperidine rings is 1. The van der Waals surface area contributed by atoms with Crippen LogP contribution in [0.25, 0.3) is 0 Å². The number of benzene rings is 1. The highest BCUT2D eigenvalue weighted by atomic mass is 16.6. The molecule has 2 aliphatic heterocycles. The lowest BCUT2D eigenvalue weighted by molar-refractivity contribution is -0.128. The van der Waals surface area contributed by atoms with Gasteiger partial charge in [-0.25, -0.2) is 4.79 Å². The van der Waals surface area contributed by atoms with E-state index in [-0.39, 0.29) is 18.0 Å². The van der Waals surface area contributed by atoms with Crippen LogP contribution < -0.4 is 10.1 Å². The minimum absolute atomic E-state index is 0.0733. The Morgan fingerprint density at radius 3 is 2.74 bits per heavy atom. The van der Waals surface area contributed by atoms with Crippen molar-refractivity contribution >= 4 is 12.0 Å². The smallest absolute Gasteiger partial charge is 0.409 e. The summed E-state index contributed by atoms with van der Waals surface area (Å²) in [6, 6.07) is 7.82. The van der Waals surface area contributed by atoms with Crippen LogP contribution in [0.5, 0.6) is 5.75 Å². The third-order valence-corrected chi connectivity index (χ3v) is 4.31. The van der Waals surface area contributed by atoms with Crippen LogP contribution in [0, 0.1) is 0 Å². The zero-order valence-corrected chi connectivity index (χ0v) is 13.3. The van der Waals surface area contributed by atoms with E-state index in [0.29, 0.717) is 26.1 Å². The molecule has 6 nitrogen and oxygen atoms in total. The first-order valence-electron chi connectivity index (χ1n) is 8.14. The van der Waals surface area contributed by atoms with Crippen molar-refractivity contribution in [3.63, 3.8) is 0 Å². The second-order valence-electron chi connectivity index (χ2n) is 5.89. The van der Waals surface area contributed by atoms with E-state index in [0.717, 1.165) is 24.2 Å². The molecule has 23 heavy (non-hydrogen) atoms. The van der Waals surface area contributed by atoms with Gasteiger partial charge in [0.05, 0.1) is 6.61 Å². The van der Waals surface area contributed by atoms with E-state index >= 15 is 0 Å². The summed E-state index contributed by atoms with van der Waals surface area (Å²) in [5, 5.41) is 3.04. The highest BCUT2D eigenvalue weighted by molar-refractivity contribution is 5.82. The molecule has 0 bridgehead atoms. The molecule has 0 spiro atoms. The van der Waals surface area contributed by atoms with Crippen molar-refractivity contribution in [3.05, 3.63) is 29.8 Å². The van der Waals surface area contributed by atoms with Gasteiger partial charge in [0.15, 0.2) is 6.10 Å². The van der Waals surface area contributed by atoms with Crippen LogP contribution in [0.1, 0.15) is 25.3 Å². The van der Waals surface area contributed by atoms with Crippen LogP contribution >= 0.6 is 0 Å². The van der Waals surface area contributed by atoms with E-state index in [4.69, 9.17) is 9.47 Å². The zero-order chi connectivity index (χ0) is 16.2. The fourth-order valence-corrected chi connectivity index (χ4v) is 3.04. The van der Waals surface area contributed by atoms with Crippen LogP contribution in [0.15, 0.2) is 24.3 Å². The molecule has 1 atom stereocenters. The minimum atomic E-state index is -0.449. The van der Waals surface area contributed by atoms with Crippen molar-refractivity contribution < 1.29 is 19.1 Å². The number of carbonyl (C=O) groups is 2. The molecule has 2 amide bonds. The molecular weight excluding hydrogens is 296 g/mol. The molecule has 2 aliphatic rings. The third kappa shape index (κ3) is 3.57. The van der Waals surface area contributed by atoms with Gasteiger partial charge in [-0.1, -0.05) is 18.2 Å². The molecule has 124 valence electrons. The first kappa shape index (κ1) is 15.6. The topological polar surface area (TPSA) is 67.9 Å². The molecule has 0 aromatic heterocycles. The predicted octanol–water partition coefficient (Wildman–Crippen LogP) is 1.73. The molecule has 1 aromatic carbocycles. The Morgan fingerprint density at radius 2 is 2.04 bits per heavy atom. The van der Waals surface area contributed by atoms with Gasteiger partial charge in [-0.2, -0.15) is 0 Å². The van der Waals surface area contributed by atoms with Crippen LogP contribution in [0.4, 0.5) is 4.79 Å². The average Bonchev–Trinajstić information content (AvgIpc) is 3.00. The molecule has 1 fully saturated rings. The number of carbonyl (C=O) groups excluding carboxylic acids is 2. The van der Waals surface area contributed by atoms with E-state index in [1.807, 2.05) is 24.3 Å². The largest absolute Gasteiger partial charge is 0.480 e. The van der Waals surface area contributed by atoms with Crippen molar-refractivity contribution in [2.75, 3.05) is 19.7 Å². The van der Waals surface area contributed by atoms with Gasteiger partial charge in [0.25, 0.3) is 5.91 Å². The number of fused-ring (bicyclic) bond motifs is 1. The van der Waals surface area contributed by atoms with Gasteiger partial charge >= 0.3 is 6.09 Å². The monoisotopic (exact) mass is 318 g/mol. The van der Waals surface area contributed by atoms with Gasteiger partial charge in [0.2, 0.25) is 0 Å². The summed E-state index contributed by atoms with van der Waals surface area (Å²) in [5.74, 6) is 0.723. The Bertz CT molecular complexity index is 557. The lowest BCUT2D eigenvalue weighted by Gasteiger charge is -2.32. The fourth-order valence-electron chi connectivity index (χ4n) is 3.04. The van der Waals surface area contributed by atoms with Gasteiger partial charge in [-0.15, -0.1) is 0 Å². The van der Waals surface area contributed by atoms with Crippen molar-refractivity contribution in [2.45, 2.75) is 38.3 Å². The van der Waals surface area contributed by atoms with E-state index in [1.54, 1.807) is 11.8 Å². The minimum Gasteiger partial charge on any atom is -0.480 e. The number of hydrogen-bond donors (Lipinski definition) is 1. The maximum absolute atomic E-state index is 12.4. The van der Waals surface area contributed by atoms with E-state index < -0.39 is 6.10 Å². The SMILES string of the molecule is CCOC(=O)N1CCC(NC(=O)C2Cc3ccccc3O2)CC1. The van der Waals surface area contributed by atoms with Crippen molar-refractivity contribution in [3.8, 4) is 5.75 Å². The summed E-state index contributed by atoms with van der Waals surface area (Å²) in [7, 11) is 0. The predicted molar refractivity (Wildman–Crippen MR) is 84.3 cm³/mol. The Kier molecular flexibility index (Phi) is 4.69. The normalized spacial score (nSPS) is 20.6. The van der Waals surface area contributed by atoms with E-state index in [2.05, 4.69) is 5.32 Å². The molecule has 0 aliphatic carbocycles. The maximum atomic E-state index is 12.4. The summed E-state index contributed by atoms with van der Waals surface area (Å²) in [4.78, 5) is 25.7. The summed E-state index contributed by atoms with van der Waals surface area (Å²) >= 11 is 0. The molecule has 1 aromatic rings. The highest BCUT2D eigenvalue weighted by Crippen LogP contribution is 2.28. The van der Waals surface area contributed by atoms with Crippen LogP contribution in [-0.2, 0) is 16.0 Å². The summed E-state index contributed by atoms with van der Waals surface area (Å²) in [6.07, 6.45) is 1.38. The van der Waals surface area contributed by atoms with Gasteiger partial charge in [-0.05, 0) is 31.4 Å². The maximum Gasteiger partial charge on any atom is 0.409 e. The number of rotatable bonds is 3. The molecule has 1 unspecified atom stereocenters. The fraction of sp³-hybridized carbons (Fsp3) is 0.529. The first-order valence-corrected chi connectivity index (χ1v) is 8.14. The lowest BCUT2D eigenvalue weighted by Crippen LogP contribution is -2.49. The van der Waals surface area contributed by atoms with Gasteiger partial charge in [0, 0.05) is 25.6 Å². The Labute approximate surface area is 135 Å². The molecule has 1 N–H and O–H groups in total. The number of amides is 2. The van der Waals surface area contributed by atoms with E-state index in [9.17, 15) is 9.59 Å².